The van der Waals surface area contributed by atoms with E-state index in [0.717, 1.165) is 11.3 Å². The Morgan fingerprint density at radius 2 is 1.65 bits per heavy atom. The molecule has 2 aromatic carbocycles. The Kier molecular flexibility index (Phi) is 8.62. The van der Waals surface area contributed by atoms with Crippen LogP contribution in [-0.4, -0.2) is 36.9 Å². The highest BCUT2D eigenvalue weighted by atomic mass is 16.5. The van der Waals surface area contributed by atoms with Gasteiger partial charge in [-0.15, -0.1) is 0 Å². The molecule has 3 aromatic rings. The van der Waals surface area contributed by atoms with Gasteiger partial charge in [-0.05, 0) is 65.9 Å². The van der Waals surface area contributed by atoms with E-state index < -0.39 is 0 Å². The summed E-state index contributed by atoms with van der Waals surface area (Å²) in [6, 6.07) is 16.8. The monoisotopic (exact) mass is 461 g/mol. The van der Waals surface area contributed by atoms with Crippen LogP contribution in [0.1, 0.15) is 49.2 Å². The Balaban J connectivity index is 1.53. The molecule has 0 radical (unpaired) electrons. The van der Waals surface area contributed by atoms with Crippen molar-refractivity contribution in [2.75, 3.05) is 19.8 Å². The molecule has 34 heavy (non-hydrogen) atoms. The van der Waals surface area contributed by atoms with Crippen LogP contribution in [0, 0.1) is 0 Å². The maximum absolute atomic E-state index is 12.1. The van der Waals surface area contributed by atoms with E-state index in [4.69, 9.17) is 14.2 Å². The lowest BCUT2D eigenvalue weighted by molar-refractivity contribution is 0.0955. The average molecular weight is 462 g/mol. The Bertz CT molecular complexity index is 1090. The van der Waals surface area contributed by atoms with Crippen LogP contribution in [0.4, 0.5) is 0 Å². The summed E-state index contributed by atoms with van der Waals surface area (Å²) in [4.78, 5) is 16.0. The standard InChI is InChI=1S/C27H31N3O4/c1-5-32-25-18-20(19-29-30-26(31)21-12-14-28-15-13-21)6-11-24(25)34-17-16-33-23-9-7-22(8-10-23)27(2,3)4/h6-15,18-19H,5,16-17H2,1-4H3,(H,30,31)/b29-19-. The zero-order chi connectivity index (χ0) is 24.4. The Morgan fingerprint density at radius 1 is 0.941 bits per heavy atom. The second-order valence-corrected chi connectivity index (χ2v) is 8.55. The van der Waals surface area contributed by atoms with E-state index >= 15 is 0 Å². The molecule has 0 saturated carbocycles. The molecule has 0 unspecified atom stereocenters. The van der Waals surface area contributed by atoms with E-state index in [9.17, 15) is 4.79 Å². The third-order valence-electron chi connectivity index (χ3n) is 4.92. The number of ether oxygens (including phenoxy) is 3. The summed E-state index contributed by atoms with van der Waals surface area (Å²) in [5, 5.41) is 4.02. The van der Waals surface area contributed by atoms with E-state index in [-0.39, 0.29) is 11.3 Å². The van der Waals surface area contributed by atoms with Crippen molar-refractivity contribution in [3.8, 4) is 17.2 Å². The van der Waals surface area contributed by atoms with Gasteiger partial charge in [-0.25, -0.2) is 5.43 Å². The molecule has 3 rings (SSSR count). The van der Waals surface area contributed by atoms with Gasteiger partial charge >= 0.3 is 0 Å². The van der Waals surface area contributed by atoms with Crippen molar-refractivity contribution in [1.82, 2.24) is 10.4 Å². The summed E-state index contributed by atoms with van der Waals surface area (Å²) in [6.07, 6.45) is 4.66. The van der Waals surface area contributed by atoms with Gasteiger partial charge in [0.15, 0.2) is 11.5 Å². The second-order valence-electron chi connectivity index (χ2n) is 8.55. The van der Waals surface area contributed by atoms with Crippen molar-refractivity contribution < 1.29 is 19.0 Å². The largest absolute Gasteiger partial charge is 0.490 e. The number of hydrogen-bond acceptors (Lipinski definition) is 6. The number of aromatic nitrogens is 1. The fraction of sp³-hybridized carbons (Fsp3) is 0.296. The molecule has 1 amide bonds. The lowest BCUT2D eigenvalue weighted by Crippen LogP contribution is -2.17. The smallest absolute Gasteiger partial charge is 0.271 e. The summed E-state index contributed by atoms with van der Waals surface area (Å²) in [6.45, 7) is 9.73. The quantitative estimate of drug-likeness (QED) is 0.261. The van der Waals surface area contributed by atoms with Gasteiger partial charge in [0.05, 0.1) is 12.8 Å². The topological polar surface area (TPSA) is 82.0 Å². The van der Waals surface area contributed by atoms with E-state index in [2.05, 4.69) is 48.4 Å². The van der Waals surface area contributed by atoms with Crippen LogP contribution in [0.5, 0.6) is 17.2 Å². The Hall–Kier alpha value is -3.87. The van der Waals surface area contributed by atoms with Crippen molar-refractivity contribution in [3.63, 3.8) is 0 Å². The van der Waals surface area contributed by atoms with Crippen molar-refractivity contribution in [2.24, 2.45) is 5.10 Å². The molecule has 7 heteroatoms. The first-order valence-corrected chi connectivity index (χ1v) is 11.2. The fourth-order valence-corrected chi connectivity index (χ4v) is 3.09. The predicted octanol–water partition coefficient (Wildman–Crippen LogP) is 5.00. The lowest BCUT2D eigenvalue weighted by Gasteiger charge is -2.19. The third-order valence-corrected chi connectivity index (χ3v) is 4.92. The molecule has 0 spiro atoms. The summed E-state index contributed by atoms with van der Waals surface area (Å²) in [5.74, 6) is 1.71. The minimum atomic E-state index is -0.309. The third kappa shape index (κ3) is 7.33. The highest BCUT2D eigenvalue weighted by Gasteiger charge is 2.13. The van der Waals surface area contributed by atoms with Gasteiger partial charge in [-0.1, -0.05) is 32.9 Å². The zero-order valence-corrected chi connectivity index (χ0v) is 20.1. The molecule has 1 heterocycles. The molecule has 0 fully saturated rings. The number of pyridine rings is 1. The molecule has 0 aliphatic rings. The minimum absolute atomic E-state index is 0.111. The van der Waals surface area contributed by atoms with E-state index in [1.54, 1.807) is 30.7 Å². The van der Waals surface area contributed by atoms with Gasteiger partial charge in [0.1, 0.15) is 19.0 Å². The van der Waals surface area contributed by atoms with Gasteiger partial charge in [0, 0.05) is 18.0 Å². The zero-order valence-electron chi connectivity index (χ0n) is 20.1. The van der Waals surface area contributed by atoms with Crippen LogP contribution < -0.4 is 19.6 Å². The number of nitrogens with one attached hydrogen (secondary N) is 1. The van der Waals surface area contributed by atoms with Gasteiger partial charge in [-0.3, -0.25) is 9.78 Å². The van der Waals surface area contributed by atoms with Crippen LogP contribution in [0.2, 0.25) is 0 Å². The highest BCUT2D eigenvalue weighted by Crippen LogP contribution is 2.28. The van der Waals surface area contributed by atoms with Crippen LogP contribution in [0.3, 0.4) is 0 Å². The van der Waals surface area contributed by atoms with Crippen molar-refractivity contribution in [1.29, 1.82) is 0 Å². The number of nitrogens with zero attached hydrogens (tertiary/aromatic N) is 2. The number of amides is 1. The van der Waals surface area contributed by atoms with E-state index in [1.165, 1.54) is 5.56 Å². The maximum Gasteiger partial charge on any atom is 0.271 e. The molecule has 0 atom stereocenters. The first-order chi connectivity index (χ1) is 16.4. The molecule has 0 aliphatic heterocycles. The summed E-state index contributed by atoms with van der Waals surface area (Å²) in [5.41, 5.74) is 5.12. The number of carbonyl (C=O) groups is 1. The molecule has 1 N–H and O–H groups in total. The first kappa shape index (κ1) is 24.8. The van der Waals surface area contributed by atoms with Gasteiger partial charge in [-0.2, -0.15) is 5.10 Å². The molecule has 1 aromatic heterocycles. The van der Waals surface area contributed by atoms with Crippen LogP contribution in [0.15, 0.2) is 72.1 Å². The van der Waals surface area contributed by atoms with Crippen LogP contribution >= 0.6 is 0 Å². The van der Waals surface area contributed by atoms with Gasteiger partial charge < -0.3 is 14.2 Å². The maximum atomic E-state index is 12.1. The Morgan fingerprint density at radius 3 is 2.32 bits per heavy atom. The Labute approximate surface area is 200 Å². The average Bonchev–Trinajstić information content (AvgIpc) is 2.83. The number of hydrazone groups is 1. The molecule has 0 bridgehead atoms. The molecule has 0 saturated heterocycles. The predicted molar refractivity (Wildman–Crippen MR) is 133 cm³/mol. The highest BCUT2D eigenvalue weighted by molar-refractivity contribution is 5.94. The van der Waals surface area contributed by atoms with Crippen LogP contribution in [0.25, 0.3) is 0 Å². The SMILES string of the molecule is CCOc1cc(/C=N\NC(=O)c2ccncc2)ccc1OCCOc1ccc(C(C)(C)C)cc1. The molecular formula is C27H31N3O4. The number of hydrogen-bond donors (Lipinski definition) is 1. The minimum Gasteiger partial charge on any atom is -0.490 e. The second kappa shape index (κ2) is 11.8. The lowest BCUT2D eigenvalue weighted by atomic mass is 9.87. The normalized spacial score (nSPS) is 11.3. The molecular weight excluding hydrogens is 430 g/mol. The van der Waals surface area contributed by atoms with Crippen molar-refractivity contribution >= 4 is 12.1 Å². The van der Waals surface area contributed by atoms with Gasteiger partial charge in [0.25, 0.3) is 5.91 Å². The van der Waals surface area contributed by atoms with Gasteiger partial charge in [0.2, 0.25) is 0 Å². The summed E-state index contributed by atoms with van der Waals surface area (Å²) >= 11 is 0. The van der Waals surface area contributed by atoms with E-state index in [0.29, 0.717) is 36.9 Å². The fourth-order valence-electron chi connectivity index (χ4n) is 3.09. The number of carbonyl (C=O) groups excluding carboxylic acids is 1. The molecule has 0 aliphatic carbocycles. The van der Waals surface area contributed by atoms with E-state index in [1.807, 2.05) is 37.3 Å². The summed E-state index contributed by atoms with van der Waals surface area (Å²) in [7, 11) is 0. The molecule has 7 nitrogen and oxygen atoms in total. The van der Waals surface area contributed by atoms with Crippen molar-refractivity contribution in [3.05, 3.63) is 83.7 Å². The molecule has 178 valence electrons. The van der Waals surface area contributed by atoms with Crippen LogP contribution in [-0.2, 0) is 5.41 Å². The summed E-state index contributed by atoms with van der Waals surface area (Å²) < 4.78 is 17.4. The number of benzene rings is 2. The number of rotatable bonds is 10. The van der Waals surface area contributed by atoms with Crippen molar-refractivity contribution in [2.45, 2.75) is 33.1 Å². The first-order valence-electron chi connectivity index (χ1n) is 11.2.